The fraction of sp³-hybridized carbons (Fsp3) is 0.692. The van der Waals surface area contributed by atoms with Crippen LogP contribution in [0.5, 0.6) is 0 Å². The third-order valence-electron chi connectivity index (χ3n) is 2.73. The minimum absolute atomic E-state index is 1.10. The maximum absolute atomic E-state index is 10.7. The highest BCUT2D eigenvalue weighted by Crippen LogP contribution is 2.20. The summed E-state index contributed by atoms with van der Waals surface area (Å²) >= 11 is 0. The molecule has 0 saturated heterocycles. The lowest BCUT2D eigenvalue weighted by molar-refractivity contribution is -0.0510. The molecule has 0 spiro atoms. The van der Waals surface area contributed by atoms with Crippen molar-refractivity contribution in [3.63, 3.8) is 0 Å². The lowest BCUT2D eigenvalue weighted by Gasteiger charge is -2.20. The Kier molecular flexibility index (Phi) is 9.36. The third kappa shape index (κ3) is 10.4. The second kappa shape index (κ2) is 9.83. The topological polar surface area (TPSA) is 57.6 Å². The predicted octanol–water partition coefficient (Wildman–Crippen LogP) is 3.74. The molecular weight excluding hydrogens is 307 g/mol. The van der Waals surface area contributed by atoms with Crippen LogP contribution in [-0.4, -0.2) is 36.5 Å². The second-order valence-electron chi connectivity index (χ2n) is 4.60. The summed E-state index contributed by atoms with van der Waals surface area (Å²) in [4.78, 5) is 2.38. The zero-order valence-electron chi connectivity index (χ0n) is 12.0. The van der Waals surface area contributed by atoms with Gasteiger partial charge in [-0.1, -0.05) is 44.8 Å². The molecule has 1 heterocycles. The van der Waals surface area contributed by atoms with E-state index in [4.69, 9.17) is 13.0 Å². The van der Waals surface area contributed by atoms with Crippen LogP contribution in [0.15, 0.2) is 24.4 Å². The molecule has 0 aromatic heterocycles. The highest BCUT2D eigenvalue weighted by molar-refractivity contribution is 7.86. The zero-order chi connectivity index (χ0) is 16.4. The van der Waals surface area contributed by atoms with Gasteiger partial charge in [-0.15, -0.1) is 0 Å². The van der Waals surface area contributed by atoms with Gasteiger partial charge >= 0.3 is 15.6 Å². The Balaban J connectivity index is 0.000000433. The van der Waals surface area contributed by atoms with Crippen molar-refractivity contribution in [2.45, 2.75) is 44.5 Å². The van der Waals surface area contributed by atoms with E-state index in [1.54, 1.807) is 0 Å². The van der Waals surface area contributed by atoms with E-state index in [9.17, 15) is 13.2 Å². The largest absolute Gasteiger partial charge is 0.522 e. The monoisotopic (exact) mass is 329 g/mol. The van der Waals surface area contributed by atoms with Crippen LogP contribution in [-0.2, 0) is 10.1 Å². The minimum Gasteiger partial charge on any atom is -0.374 e. The number of alkyl halides is 3. The average molecular weight is 329 g/mol. The van der Waals surface area contributed by atoms with Crippen molar-refractivity contribution < 1.29 is 26.1 Å². The molecule has 0 saturated carbocycles. The van der Waals surface area contributed by atoms with Gasteiger partial charge in [-0.05, 0) is 18.7 Å². The summed E-state index contributed by atoms with van der Waals surface area (Å²) in [6.45, 7) is 4.59. The number of halogens is 3. The number of rotatable bonds is 6. The second-order valence-corrected chi connectivity index (χ2v) is 6.01. The minimum atomic E-state index is -5.84. The van der Waals surface area contributed by atoms with Crippen LogP contribution in [0, 0.1) is 0 Å². The lowest BCUT2D eigenvalue weighted by Crippen LogP contribution is -2.21. The molecule has 1 rings (SSSR count). The molecule has 1 N–H and O–H groups in total. The van der Waals surface area contributed by atoms with Crippen LogP contribution in [0.3, 0.4) is 0 Å². The molecule has 1 aliphatic heterocycles. The summed E-state index contributed by atoms with van der Waals surface area (Å²) in [6, 6.07) is 0. The molecule has 0 bridgehead atoms. The van der Waals surface area contributed by atoms with Gasteiger partial charge in [0.25, 0.3) is 0 Å². The van der Waals surface area contributed by atoms with E-state index in [0.717, 1.165) is 6.54 Å². The van der Waals surface area contributed by atoms with Gasteiger partial charge in [-0.2, -0.15) is 21.6 Å². The lowest BCUT2D eigenvalue weighted by atomic mass is 10.1. The van der Waals surface area contributed by atoms with Gasteiger partial charge in [-0.25, -0.2) is 0 Å². The highest BCUT2D eigenvalue weighted by atomic mass is 32.2. The Hall–Kier alpha value is -1.02. The van der Waals surface area contributed by atoms with Crippen LogP contribution in [0.1, 0.15) is 39.0 Å². The van der Waals surface area contributed by atoms with Crippen LogP contribution in [0.25, 0.3) is 0 Å². The molecule has 4 nitrogen and oxygen atoms in total. The maximum atomic E-state index is 10.7. The van der Waals surface area contributed by atoms with Crippen molar-refractivity contribution in [3.05, 3.63) is 24.4 Å². The standard InChI is InChI=1S/C12H21N.CHF3O3S/c1-2-3-4-5-7-10-13-11-8-6-9-12-13;2-1(3,4)8(5,6)7/h6,8-9,11H,2-5,7,10,12H2,1H3;(H,5,6,7). The average Bonchev–Trinajstić information content (AvgIpc) is 2.38. The molecule has 0 aliphatic carbocycles. The molecule has 124 valence electrons. The van der Waals surface area contributed by atoms with Gasteiger partial charge in [0.05, 0.1) is 0 Å². The van der Waals surface area contributed by atoms with Crippen molar-refractivity contribution in [1.29, 1.82) is 0 Å². The number of hydrogen-bond acceptors (Lipinski definition) is 3. The van der Waals surface area contributed by atoms with Crippen molar-refractivity contribution in [2.75, 3.05) is 13.1 Å². The SMILES string of the molecule is CCCCCCCN1C=CC=CC1.O=S(=O)(O)C(F)(F)F. The van der Waals surface area contributed by atoms with E-state index in [1.165, 1.54) is 38.6 Å². The number of unbranched alkanes of at least 4 members (excludes halogenated alkanes) is 4. The molecule has 0 fully saturated rings. The smallest absolute Gasteiger partial charge is 0.374 e. The zero-order valence-corrected chi connectivity index (χ0v) is 12.8. The van der Waals surface area contributed by atoms with E-state index in [1.807, 2.05) is 0 Å². The van der Waals surface area contributed by atoms with Crippen LogP contribution in [0.4, 0.5) is 13.2 Å². The van der Waals surface area contributed by atoms with Crippen LogP contribution < -0.4 is 0 Å². The van der Waals surface area contributed by atoms with E-state index in [0.29, 0.717) is 0 Å². The fourth-order valence-corrected chi connectivity index (χ4v) is 1.59. The summed E-state index contributed by atoms with van der Waals surface area (Å²) in [7, 11) is -5.84. The van der Waals surface area contributed by atoms with E-state index in [2.05, 4.69) is 36.3 Å². The van der Waals surface area contributed by atoms with Crippen molar-refractivity contribution >= 4 is 10.1 Å². The Labute approximate surface area is 124 Å². The van der Waals surface area contributed by atoms with Crippen LogP contribution in [0.2, 0.25) is 0 Å². The van der Waals surface area contributed by atoms with E-state index >= 15 is 0 Å². The summed E-state index contributed by atoms with van der Waals surface area (Å²) in [5.41, 5.74) is -5.53. The Morgan fingerprint density at radius 3 is 2.14 bits per heavy atom. The molecule has 8 heteroatoms. The Morgan fingerprint density at radius 1 is 1.14 bits per heavy atom. The van der Waals surface area contributed by atoms with Gasteiger partial charge < -0.3 is 4.90 Å². The molecule has 0 aromatic rings. The normalized spacial score (nSPS) is 14.8. The van der Waals surface area contributed by atoms with Gasteiger partial charge in [0, 0.05) is 13.1 Å². The molecule has 0 radical (unpaired) electrons. The first kappa shape index (κ1) is 20.0. The molecule has 0 aromatic carbocycles. The molecule has 0 amide bonds. The Bertz CT molecular complexity index is 430. The molecular formula is C13H22F3NO3S. The van der Waals surface area contributed by atoms with E-state index in [-0.39, 0.29) is 0 Å². The number of allylic oxidation sites excluding steroid dienone is 2. The number of hydrogen-bond donors (Lipinski definition) is 1. The van der Waals surface area contributed by atoms with Gasteiger partial charge in [0.1, 0.15) is 0 Å². The summed E-state index contributed by atoms with van der Waals surface area (Å²) in [6.07, 6.45) is 15.5. The van der Waals surface area contributed by atoms with Gasteiger partial charge in [0.2, 0.25) is 0 Å². The molecule has 21 heavy (non-hydrogen) atoms. The third-order valence-corrected chi connectivity index (χ3v) is 3.31. The van der Waals surface area contributed by atoms with Crippen molar-refractivity contribution in [3.8, 4) is 0 Å². The molecule has 1 aliphatic rings. The van der Waals surface area contributed by atoms with Crippen molar-refractivity contribution in [2.24, 2.45) is 0 Å². The first-order valence-electron chi connectivity index (χ1n) is 6.79. The van der Waals surface area contributed by atoms with Crippen molar-refractivity contribution in [1.82, 2.24) is 4.90 Å². The van der Waals surface area contributed by atoms with Gasteiger partial charge in [-0.3, -0.25) is 4.55 Å². The number of nitrogens with zero attached hydrogens (tertiary/aromatic N) is 1. The fourth-order valence-electron chi connectivity index (χ4n) is 1.59. The summed E-state index contributed by atoms with van der Waals surface area (Å²) in [5.74, 6) is 0. The highest BCUT2D eigenvalue weighted by Gasteiger charge is 2.44. The maximum Gasteiger partial charge on any atom is 0.522 e. The molecule has 0 unspecified atom stereocenters. The first-order valence-corrected chi connectivity index (χ1v) is 8.23. The van der Waals surface area contributed by atoms with E-state index < -0.39 is 15.6 Å². The predicted molar refractivity (Wildman–Crippen MR) is 76.2 cm³/mol. The van der Waals surface area contributed by atoms with Gasteiger partial charge in [0.15, 0.2) is 0 Å². The first-order chi connectivity index (χ1) is 9.68. The summed E-state index contributed by atoms with van der Waals surface area (Å²) < 4.78 is 57.5. The molecule has 0 atom stereocenters. The Morgan fingerprint density at radius 2 is 1.71 bits per heavy atom. The van der Waals surface area contributed by atoms with Crippen LogP contribution >= 0.6 is 0 Å². The summed E-state index contributed by atoms with van der Waals surface area (Å²) in [5, 5.41) is 0. The quantitative estimate of drug-likeness (QED) is 0.458.